The number of benzene rings is 1. The molecule has 210 valence electrons. The van der Waals surface area contributed by atoms with Gasteiger partial charge in [-0.3, -0.25) is 9.56 Å². The highest BCUT2D eigenvalue weighted by Crippen LogP contribution is 2.39. The van der Waals surface area contributed by atoms with Gasteiger partial charge in [-0.05, 0) is 37.6 Å². The molecular weight excluding hydrogens is 534 g/mol. The average molecular weight is 566 g/mol. The molecule has 1 aromatic carbocycles. The minimum absolute atomic E-state index is 0.117. The van der Waals surface area contributed by atoms with Crippen LogP contribution in [0.3, 0.4) is 0 Å². The van der Waals surface area contributed by atoms with Crippen molar-refractivity contribution in [2.75, 3.05) is 21.3 Å². The van der Waals surface area contributed by atoms with Gasteiger partial charge in [0.05, 0.1) is 19.5 Å². The van der Waals surface area contributed by atoms with E-state index in [1.165, 1.54) is 21.3 Å². The molecule has 0 fully saturated rings. The summed E-state index contributed by atoms with van der Waals surface area (Å²) in [5.41, 5.74) is 2.15. The number of nitrogens with one attached hydrogen (secondary N) is 1. The van der Waals surface area contributed by atoms with Crippen molar-refractivity contribution in [2.45, 2.75) is 37.1 Å². The molecule has 12 nitrogen and oxygen atoms in total. The minimum atomic E-state index is -3.87. The molecule has 3 aromatic rings. The fourth-order valence-electron chi connectivity index (χ4n) is 4.86. The molecule has 0 aliphatic carbocycles. The first-order valence-electron chi connectivity index (χ1n) is 12.6. The largest absolute Gasteiger partial charge is 0.494 e. The lowest BCUT2D eigenvalue weighted by Gasteiger charge is -2.23. The van der Waals surface area contributed by atoms with Crippen molar-refractivity contribution in [3.05, 3.63) is 72.0 Å². The maximum absolute atomic E-state index is 13.9. The maximum Gasteiger partial charge on any atom is 0.166 e. The number of aryl methyl sites for hydroxylation is 1. The third-order valence-corrected chi connectivity index (χ3v) is 9.05. The molecule has 2 aliphatic heterocycles. The van der Waals surface area contributed by atoms with Crippen LogP contribution < -0.4 is 14.8 Å². The van der Waals surface area contributed by atoms with Crippen LogP contribution in [0.4, 0.5) is 0 Å². The van der Waals surface area contributed by atoms with E-state index in [2.05, 4.69) is 30.5 Å². The normalized spacial score (nSPS) is 19.5. The van der Waals surface area contributed by atoms with Crippen molar-refractivity contribution in [1.82, 2.24) is 30.0 Å². The van der Waals surface area contributed by atoms with Gasteiger partial charge in [0.25, 0.3) is 0 Å². The maximum atomic E-state index is 13.9. The lowest BCUT2D eigenvalue weighted by Crippen LogP contribution is -2.30. The van der Waals surface area contributed by atoms with E-state index in [1.54, 1.807) is 48.3 Å². The third-order valence-electron chi connectivity index (χ3n) is 7.01. The first-order chi connectivity index (χ1) is 19.3. The van der Waals surface area contributed by atoms with E-state index in [0.717, 1.165) is 11.1 Å². The van der Waals surface area contributed by atoms with Crippen molar-refractivity contribution in [2.24, 2.45) is 10.9 Å². The van der Waals surface area contributed by atoms with Crippen LogP contribution in [0.1, 0.15) is 36.1 Å². The summed E-state index contributed by atoms with van der Waals surface area (Å²) >= 11 is 0. The first-order valence-corrected chi connectivity index (χ1v) is 14.4. The summed E-state index contributed by atoms with van der Waals surface area (Å²) in [5, 5.41) is 11.1. The monoisotopic (exact) mass is 565 g/mol. The Kier molecular flexibility index (Phi) is 7.68. The Labute approximate surface area is 232 Å². The number of dihydropyridines is 1. The summed E-state index contributed by atoms with van der Waals surface area (Å²) in [6.45, 7) is 3.44. The van der Waals surface area contributed by atoms with Crippen LogP contribution >= 0.6 is 0 Å². The summed E-state index contributed by atoms with van der Waals surface area (Å²) in [4.78, 5) is 13.1. The number of hydrogen-bond acceptors (Lipinski definition) is 11. The van der Waals surface area contributed by atoms with Crippen LogP contribution in [0.15, 0.2) is 53.9 Å². The van der Waals surface area contributed by atoms with Gasteiger partial charge in [0.2, 0.25) is 0 Å². The second kappa shape index (κ2) is 11.2. The van der Waals surface area contributed by atoms with E-state index in [4.69, 9.17) is 14.2 Å². The Bertz CT molecular complexity index is 1560. The number of para-hydroxylation sites is 1. The Morgan fingerprint density at radius 2 is 1.77 bits per heavy atom. The third kappa shape index (κ3) is 4.97. The highest BCUT2D eigenvalue weighted by molar-refractivity contribution is 7.91. The number of aliphatic imine (C=N–C) groups is 1. The van der Waals surface area contributed by atoms with Gasteiger partial charge >= 0.3 is 0 Å². The predicted molar refractivity (Wildman–Crippen MR) is 149 cm³/mol. The van der Waals surface area contributed by atoms with Crippen molar-refractivity contribution in [3.63, 3.8) is 0 Å². The van der Waals surface area contributed by atoms with Crippen molar-refractivity contribution >= 4 is 21.6 Å². The predicted octanol–water partition coefficient (Wildman–Crippen LogP) is 2.60. The van der Waals surface area contributed by atoms with Crippen molar-refractivity contribution < 1.29 is 22.6 Å². The van der Waals surface area contributed by atoms with Gasteiger partial charge in [-0.2, -0.15) is 0 Å². The topological polar surface area (TPSA) is 143 Å². The number of methoxy groups -OCH3 is 3. The molecule has 0 amide bonds. The number of sulfone groups is 1. The smallest absolute Gasteiger partial charge is 0.166 e. The summed E-state index contributed by atoms with van der Waals surface area (Å²) in [6.07, 6.45) is 9.66. The summed E-state index contributed by atoms with van der Waals surface area (Å²) in [6, 6.07) is 5.33. The molecule has 2 aromatic heterocycles. The highest BCUT2D eigenvalue weighted by Gasteiger charge is 2.37. The van der Waals surface area contributed by atoms with Gasteiger partial charge in [-0.15, -0.1) is 10.2 Å². The van der Waals surface area contributed by atoms with Crippen LogP contribution in [0.2, 0.25) is 0 Å². The molecule has 2 aliphatic rings. The van der Waals surface area contributed by atoms with Crippen LogP contribution in [-0.4, -0.2) is 72.1 Å². The molecule has 40 heavy (non-hydrogen) atoms. The van der Waals surface area contributed by atoms with Gasteiger partial charge in [-0.25, -0.2) is 18.4 Å². The molecule has 5 rings (SSSR count). The molecule has 0 spiro atoms. The molecule has 0 saturated carbocycles. The molecular formula is C27H31N7O5S. The standard InChI is InChI=1S/C27H31N7O5S/c1-16-12-29-26(30-13-16)24(39-5)17(2)40(35,36)15-22-32-33-27(19-14-31-25-18(19)8-7-11-28-25)34(22)23-20(37-3)9-6-10-21(23)38-4/h6-14,17-18,24-25,31H,15H2,1-5H3/t17-,18?,24-,25?/m0/s1. The number of aromatic nitrogens is 5. The molecule has 0 radical (unpaired) electrons. The SMILES string of the molecule is COc1cccc(OC)c1-n1c(CS(=O)(=O)[C@@H](C)[C@H](OC)c2ncc(C)cn2)nnc1C1=CNC2N=CC=CC12. The van der Waals surface area contributed by atoms with Crippen LogP contribution in [0.25, 0.3) is 11.3 Å². The number of rotatable bonds is 10. The Balaban J connectivity index is 1.60. The first kappa shape index (κ1) is 27.5. The highest BCUT2D eigenvalue weighted by atomic mass is 32.2. The number of fused-ring (bicyclic) bond motifs is 1. The fraction of sp³-hybridized carbons (Fsp3) is 0.370. The van der Waals surface area contributed by atoms with E-state index >= 15 is 0 Å². The molecule has 2 unspecified atom stereocenters. The zero-order chi connectivity index (χ0) is 28.4. The second-order valence-electron chi connectivity index (χ2n) is 9.49. The van der Waals surface area contributed by atoms with Gasteiger partial charge in [-0.1, -0.05) is 12.1 Å². The second-order valence-corrected chi connectivity index (χ2v) is 11.9. The number of allylic oxidation sites excluding steroid dienone is 1. The van der Waals surface area contributed by atoms with Crippen LogP contribution in [-0.2, 0) is 20.3 Å². The molecule has 13 heteroatoms. The Morgan fingerprint density at radius 1 is 1.07 bits per heavy atom. The van der Waals surface area contributed by atoms with Crippen LogP contribution in [0.5, 0.6) is 11.5 Å². The Hall–Kier alpha value is -4.10. The quantitative estimate of drug-likeness (QED) is 0.390. The summed E-state index contributed by atoms with van der Waals surface area (Å²) in [5.74, 6) is 1.32. The van der Waals surface area contributed by atoms with E-state index in [0.29, 0.717) is 23.0 Å². The van der Waals surface area contributed by atoms with E-state index in [-0.39, 0.29) is 23.7 Å². The van der Waals surface area contributed by atoms with Gasteiger partial charge in [0.1, 0.15) is 35.2 Å². The van der Waals surface area contributed by atoms with Crippen LogP contribution in [0, 0.1) is 12.8 Å². The lowest BCUT2D eigenvalue weighted by atomic mass is 9.97. The number of nitrogens with zero attached hydrogens (tertiary/aromatic N) is 6. The fourth-order valence-corrected chi connectivity index (χ4v) is 6.27. The summed E-state index contributed by atoms with van der Waals surface area (Å²) < 4.78 is 46.3. The number of ether oxygens (including phenoxy) is 3. The van der Waals surface area contributed by atoms with Crippen molar-refractivity contribution in [1.29, 1.82) is 0 Å². The molecule has 4 heterocycles. The zero-order valence-electron chi connectivity index (χ0n) is 22.8. The molecule has 1 N–H and O–H groups in total. The van der Waals surface area contributed by atoms with Crippen molar-refractivity contribution in [3.8, 4) is 17.2 Å². The molecule has 0 saturated heterocycles. The molecule has 0 bridgehead atoms. The molecule has 4 atom stereocenters. The number of hydrogen-bond donors (Lipinski definition) is 1. The van der Waals surface area contributed by atoms with E-state index in [9.17, 15) is 8.42 Å². The zero-order valence-corrected chi connectivity index (χ0v) is 23.7. The van der Waals surface area contributed by atoms with E-state index < -0.39 is 26.9 Å². The van der Waals surface area contributed by atoms with Gasteiger partial charge in [0, 0.05) is 43.4 Å². The van der Waals surface area contributed by atoms with Gasteiger partial charge in [0.15, 0.2) is 27.3 Å². The van der Waals surface area contributed by atoms with E-state index in [1.807, 2.05) is 25.3 Å². The minimum Gasteiger partial charge on any atom is -0.494 e. The summed E-state index contributed by atoms with van der Waals surface area (Å²) in [7, 11) is 0.649. The van der Waals surface area contributed by atoms with Gasteiger partial charge < -0.3 is 19.5 Å². The lowest BCUT2D eigenvalue weighted by molar-refractivity contribution is 0.0947. The Morgan fingerprint density at radius 3 is 2.42 bits per heavy atom. The average Bonchev–Trinajstić information content (AvgIpc) is 3.57.